The molecule has 0 fully saturated rings. The van der Waals surface area contributed by atoms with Crippen LogP contribution in [0.5, 0.6) is 5.75 Å². The first-order chi connectivity index (χ1) is 9.25. The van der Waals surface area contributed by atoms with Gasteiger partial charge in [0.1, 0.15) is 10.8 Å². The van der Waals surface area contributed by atoms with Crippen molar-refractivity contribution >= 4 is 34.7 Å². The Kier molecular flexibility index (Phi) is 3.44. The maximum atomic E-state index is 6.18. The van der Waals surface area contributed by atoms with Crippen molar-refractivity contribution < 1.29 is 4.74 Å². The standard InChI is InChI=1S/C13H11Cl2N3O/c14-9-8-16-13(15)17-12(9)18-6-3-7-19-11-5-2-1-4-10(11)18/h1-2,4-5,8H,3,6-7H2. The normalized spacial score (nSPS) is 14.5. The molecule has 0 radical (unpaired) electrons. The van der Waals surface area contributed by atoms with E-state index < -0.39 is 0 Å². The molecule has 0 saturated carbocycles. The average molecular weight is 296 g/mol. The number of para-hydroxylation sites is 2. The van der Waals surface area contributed by atoms with E-state index in [1.165, 1.54) is 6.20 Å². The third-order valence-electron chi connectivity index (χ3n) is 2.89. The van der Waals surface area contributed by atoms with Crippen LogP contribution in [0.15, 0.2) is 30.5 Å². The zero-order chi connectivity index (χ0) is 13.2. The minimum absolute atomic E-state index is 0.182. The lowest BCUT2D eigenvalue weighted by molar-refractivity contribution is 0.322. The molecule has 0 bridgehead atoms. The summed E-state index contributed by atoms with van der Waals surface area (Å²) in [7, 11) is 0. The van der Waals surface area contributed by atoms with E-state index in [9.17, 15) is 0 Å². The Hall–Kier alpha value is -1.52. The van der Waals surface area contributed by atoms with Crippen LogP contribution >= 0.6 is 23.2 Å². The van der Waals surface area contributed by atoms with Gasteiger partial charge < -0.3 is 9.64 Å². The van der Waals surface area contributed by atoms with Crippen molar-refractivity contribution in [1.82, 2.24) is 9.97 Å². The van der Waals surface area contributed by atoms with Crippen LogP contribution < -0.4 is 9.64 Å². The minimum Gasteiger partial charge on any atom is -0.491 e. The number of rotatable bonds is 1. The van der Waals surface area contributed by atoms with Crippen molar-refractivity contribution in [3.05, 3.63) is 40.8 Å². The van der Waals surface area contributed by atoms with Gasteiger partial charge in [0.05, 0.1) is 18.5 Å². The van der Waals surface area contributed by atoms with Crippen molar-refractivity contribution in [2.24, 2.45) is 0 Å². The fourth-order valence-corrected chi connectivity index (χ4v) is 2.40. The highest BCUT2D eigenvalue weighted by atomic mass is 35.5. The Labute approximate surface area is 120 Å². The third kappa shape index (κ3) is 2.46. The van der Waals surface area contributed by atoms with Crippen molar-refractivity contribution in [2.45, 2.75) is 6.42 Å². The largest absolute Gasteiger partial charge is 0.491 e. The zero-order valence-electron chi connectivity index (χ0n) is 10.0. The first kappa shape index (κ1) is 12.5. The average Bonchev–Trinajstić information content (AvgIpc) is 2.64. The van der Waals surface area contributed by atoms with E-state index in [0.717, 1.165) is 24.4 Å². The summed E-state index contributed by atoms with van der Waals surface area (Å²) in [6.45, 7) is 1.44. The van der Waals surface area contributed by atoms with Crippen molar-refractivity contribution in [2.75, 3.05) is 18.1 Å². The lowest BCUT2D eigenvalue weighted by atomic mass is 10.2. The number of hydrogen-bond acceptors (Lipinski definition) is 4. The fraction of sp³-hybridized carbons (Fsp3) is 0.231. The van der Waals surface area contributed by atoms with Gasteiger partial charge in [-0.05, 0) is 30.2 Å². The van der Waals surface area contributed by atoms with E-state index in [-0.39, 0.29) is 5.28 Å². The molecule has 2 aromatic rings. The van der Waals surface area contributed by atoms with Gasteiger partial charge in [0.25, 0.3) is 0 Å². The first-order valence-corrected chi connectivity index (χ1v) is 6.69. The number of benzene rings is 1. The molecule has 1 aromatic carbocycles. The Morgan fingerprint density at radius 1 is 1.21 bits per heavy atom. The highest BCUT2D eigenvalue weighted by Crippen LogP contribution is 2.37. The van der Waals surface area contributed by atoms with Gasteiger partial charge in [-0.3, -0.25) is 0 Å². The number of anilines is 2. The van der Waals surface area contributed by atoms with Crippen LogP contribution in [0.4, 0.5) is 11.5 Å². The molecule has 0 atom stereocenters. The molecule has 0 N–H and O–H groups in total. The van der Waals surface area contributed by atoms with Crippen LogP contribution in [0.1, 0.15) is 6.42 Å². The second-order valence-corrected chi connectivity index (χ2v) is 4.88. The Morgan fingerprint density at radius 2 is 2.05 bits per heavy atom. The number of nitrogens with zero attached hydrogens (tertiary/aromatic N) is 3. The summed E-state index contributed by atoms with van der Waals surface area (Å²) in [5, 5.41) is 0.656. The molecule has 0 spiro atoms. The molecule has 19 heavy (non-hydrogen) atoms. The van der Waals surface area contributed by atoms with Gasteiger partial charge in [-0.15, -0.1) is 0 Å². The molecule has 1 aliphatic rings. The summed E-state index contributed by atoms with van der Waals surface area (Å²) in [6, 6.07) is 7.81. The second kappa shape index (κ2) is 5.23. The molecule has 4 nitrogen and oxygen atoms in total. The predicted octanol–water partition coefficient (Wildman–Crippen LogP) is 3.70. The van der Waals surface area contributed by atoms with E-state index in [1.54, 1.807) is 0 Å². The van der Waals surface area contributed by atoms with Crippen LogP contribution in [0.2, 0.25) is 10.3 Å². The van der Waals surface area contributed by atoms with Crippen molar-refractivity contribution in [3.8, 4) is 5.75 Å². The fourth-order valence-electron chi connectivity index (χ4n) is 2.07. The summed E-state index contributed by atoms with van der Waals surface area (Å²) in [5.74, 6) is 1.44. The molecule has 0 aliphatic carbocycles. The summed E-state index contributed by atoms with van der Waals surface area (Å²) >= 11 is 12.0. The van der Waals surface area contributed by atoms with E-state index >= 15 is 0 Å². The molecular weight excluding hydrogens is 285 g/mol. The molecule has 0 unspecified atom stereocenters. The van der Waals surface area contributed by atoms with Crippen molar-refractivity contribution in [1.29, 1.82) is 0 Å². The third-order valence-corrected chi connectivity index (χ3v) is 3.34. The molecule has 98 valence electrons. The monoisotopic (exact) mass is 295 g/mol. The van der Waals surface area contributed by atoms with Gasteiger partial charge in [-0.1, -0.05) is 23.7 Å². The summed E-state index contributed by atoms with van der Waals surface area (Å²) in [6.07, 6.45) is 2.40. The van der Waals surface area contributed by atoms with Gasteiger partial charge in [0.2, 0.25) is 5.28 Å². The van der Waals surface area contributed by atoms with E-state index in [4.69, 9.17) is 27.9 Å². The van der Waals surface area contributed by atoms with E-state index in [1.807, 2.05) is 29.2 Å². The lowest BCUT2D eigenvalue weighted by Crippen LogP contribution is -2.19. The Balaban J connectivity index is 2.11. The topological polar surface area (TPSA) is 38.2 Å². The van der Waals surface area contributed by atoms with Gasteiger partial charge in [-0.2, -0.15) is 4.98 Å². The van der Waals surface area contributed by atoms with Gasteiger partial charge in [0.15, 0.2) is 5.82 Å². The number of ether oxygens (including phenoxy) is 1. The summed E-state index contributed by atoms with van der Waals surface area (Å²) in [5.41, 5.74) is 0.941. The molecule has 6 heteroatoms. The Morgan fingerprint density at radius 3 is 2.95 bits per heavy atom. The maximum absolute atomic E-state index is 6.18. The summed E-state index contributed by atoms with van der Waals surface area (Å²) in [4.78, 5) is 10.1. The van der Waals surface area contributed by atoms with Crippen LogP contribution in [0, 0.1) is 0 Å². The molecule has 1 aromatic heterocycles. The first-order valence-electron chi connectivity index (χ1n) is 5.93. The van der Waals surface area contributed by atoms with E-state index in [0.29, 0.717) is 17.4 Å². The number of fused-ring (bicyclic) bond motifs is 1. The minimum atomic E-state index is 0.182. The quantitative estimate of drug-likeness (QED) is 0.752. The molecule has 2 heterocycles. The highest BCUT2D eigenvalue weighted by molar-refractivity contribution is 6.33. The zero-order valence-corrected chi connectivity index (χ0v) is 11.5. The van der Waals surface area contributed by atoms with Gasteiger partial charge in [0, 0.05) is 6.54 Å². The maximum Gasteiger partial charge on any atom is 0.224 e. The predicted molar refractivity (Wildman–Crippen MR) is 75.6 cm³/mol. The van der Waals surface area contributed by atoms with Crippen LogP contribution in [0.25, 0.3) is 0 Å². The summed E-state index contributed by atoms with van der Waals surface area (Å²) < 4.78 is 5.71. The van der Waals surface area contributed by atoms with Gasteiger partial charge in [-0.25, -0.2) is 4.98 Å². The molecular formula is C13H11Cl2N3O. The SMILES string of the molecule is Clc1ncc(Cl)c(N2CCCOc3ccccc32)n1. The van der Waals surface area contributed by atoms with Crippen LogP contribution in [-0.2, 0) is 0 Å². The molecule has 0 saturated heterocycles. The van der Waals surface area contributed by atoms with Crippen LogP contribution in [-0.4, -0.2) is 23.1 Å². The smallest absolute Gasteiger partial charge is 0.224 e. The van der Waals surface area contributed by atoms with Gasteiger partial charge >= 0.3 is 0 Å². The van der Waals surface area contributed by atoms with Crippen molar-refractivity contribution in [3.63, 3.8) is 0 Å². The number of hydrogen-bond donors (Lipinski definition) is 0. The lowest BCUT2D eigenvalue weighted by Gasteiger charge is -2.23. The molecule has 0 amide bonds. The second-order valence-electron chi connectivity index (χ2n) is 4.13. The highest BCUT2D eigenvalue weighted by Gasteiger charge is 2.21. The number of aromatic nitrogens is 2. The Bertz CT molecular complexity index is 606. The molecule has 1 aliphatic heterocycles. The van der Waals surface area contributed by atoms with Crippen LogP contribution in [0.3, 0.4) is 0 Å². The number of halogens is 2. The molecule has 3 rings (SSSR count). The van der Waals surface area contributed by atoms with E-state index in [2.05, 4.69) is 9.97 Å².